The quantitative estimate of drug-likeness (QED) is 0.388. The summed E-state index contributed by atoms with van der Waals surface area (Å²) in [5.74, 6) is -0.114. The third-order valence-electron chi connectivity index (χ3n) is 5.29. The zero-order valence-electron chi connectivity index (χ0n) is 19.2. The van der Waals surface area contributed by atoms with Crippen LogP contribution in [0, 0.1) is 0 Å². The lowest BCUT2D eigenvalue weighted by molar-refractivity contribution is -0.274. The molecule has 188 valence electrons. The molecule has 11 heteroatoms. The largest absolute Gasteiger partial charge is 0.573 e. The Morgan fingerprint density at radius 2 is 1.75 bits per heavy atom. The van der Waals surface area contributed by atoms with E-state index < -0.39 is 18.1 Å². The average Bonchev–Trinajstić information content (AvgIpc) is 3.29. The maximum atomic E-state index is 12.5. The van der Waals surface area contributed by atoms with E-state index in [1.54, 1.807) is 30.5 Å². The number of halogens is 3. The molecular weight excluding hydrogens is 479 g/mol. The molecule has 0 amide bonds. The molecule has 4 rings (SSSR count). The number of hydrogen-bond acceptors (Lipinski definition) is 7. The third-order valence-corrected chi connectivity index (χ3v) is 5.29. The fraction of sp³-hybridized carbons (Fsp3) is 0.240. The first-order chi connectivity index (χ1) is 16.9. The summed E-state index contributed by atoms with van der Waals surface area (Å²) in [7, 11) is 0. The van der Waals surface area contributed by atoms with Crippen LogP contribution in [-0.4, -0.2) is 36.9 Å². The van der Waals surface area contributed by atoms with E-state index in [1.165, 1.54) is 42.7 Å². The van der Waals surface area contributed by atoms with Crippen molar-refractivity contribution in [3.63, 3.8) is 0 Å². The molecule has 36 heavy (non-hydrogen) atoms. The van der Waals surface area contributed by atoms with E-state index in [0.29, 0.717) is 16.7 Å². The van der Waals surface area contributed by atoms with E-state index in [-0.39, 0.29) is 29.6 Å². The van der Waals surface area contributed by atoms with Crippen molar-refractivity contribution in [1.29, 1.82) is 0 Å². The maximum absolute atomic E-state index is 12.5. The van der Waals surface area contributed by atoms with Crippen molar-refractivity contribution in [3.8, 4) is 28.6 Å². The van der Waals surface area contributed by atoms with Crippen molar-refractivity contribution in [2.45, 2.75) is 38.5 Å². The van der Waals surface area contributed by atoms with Gasteiger partial charge in [-0.2, -0.15) is 4.98 Å². The first-order valence-corrected chi connectivity index (χ1v) is 10.8. The van der Waals surface area contributed by atoms with Gasteiger partial charge in [0.2, 0.25) is 5.82 Å². The highest BCUT2D eigenvalue weighted by Crippen LogP contribution is 2.28. The summed E-state index contributed by atoms with van der Waals surface area (Å²) in [6, 6.07) is 14.8. The van der Waals surface area contributed by atoms with Gasteiger partial charge in [0.1, 0.15) is 11.9 Å². The minimum Gasteiger partial charge on any atom is -0.406 e. The van der Waals surface area contributed by atoms with E-state index in [9.17, 15) is 28.2 Å². The molecule has 4 aromatic rings. The van der Waals surface area contributed by atoms with E-state index in [1.807, 2.05) is 0 Å². The van der Waals surface area contributed by atoms with Crippen LogP contribution in [0.3, 0.4) is 0 Å². The van der Waals surface area contributed by atoms with E-state index in [2.05, 4.69) is 14.9 Å². The van der Waals surface area contributed by atoms with Gasteiger partial charge in [-0.05, 0) is 55.3 Å². The second-order valence-corrected chi connectivity index (χ2v) is 8.68. The van der Waals surface area contributed by atoms with Gasteiger partial charge >= 0.3 is 6.36 Å². The van der Waals surface area contributed by atoms with Gasteiger partial charge in [0.05, 0.1) is 17.7 Å². The van der Waals surface area contributed by atoms with Crippen molar-refractivity contribution >= 4 is 0 Å². The van der Waals surface area contributed by atoms with E-state index in [0.717, 1.165) is 17.7 Å². The summed E-state index contributed by atoms with van der Waals surface area (Å²) in [6.07, 6.45) is -4.36. The number of alkyl halides is 3. The van der Waals surface area contributed by atoms with Crippen LogP contribution in [0.15, 0.2) is 76.2 Å². The zero-order valence-corrected chi connectivity index (χ0v) is 19.2. The summed E-state index contributed by atoms with van der Waals surface area (Å²) in [5.41, 5.74) is 0.483. The Bertz CT molecular complexity index is 1410. The minimum absolute atomic E-state index is 0.112. The topological polar surface area (TPSA) is 111 Å². The monoisotopic (exact) mass is 501 g/mol. The highest BCUT2D eigenvalue weighted by atomic mass is 19.4. The zero-order chi connectivity index (χ0) is 26.1. The van der Waals surface area contributed by atoms with Gasteiger partial charge in [0.25, 0.3) is 11.4 Å². The molecule has 2 aromatic carbocycles. The number of aliphatic hydroxyl groups excluding tert-OH is 1. The molecule has 2 heterocycles. The normalized spacial score (nSPS) is 13.0. The lowest BCUT2D eigenvalue weighted by Gasteiger charge is -2.25. The second-order valence-electron chi connectivity index (χ2n) is 8.68. The molecule has 0 radical (unpaired) electrons. The number of benzene rings is 2. The van der Waals surface area contributed by atoms with Gasteiger partial charge in [0, 0.05) is 17.8 Å². The molecule has 0 aliphatic carbocycles. The fourth-order valence-electron chi connectivity index (χ4n) is 3.51. The Morgan fingerprint density at radius 1 is 1.06 bits per heavy atom. The second kappa shape index (κ2) is 9.59. The van der Waals surface area contributed by atoms with Crippen molar-refractivity contribution in [2.24, 2.45) is 0 Å². The first kappa shape index (κ1) is 25.1. The third kappa shape index (κ3) is 5.99. The lowest BCUT2D eigenvalue weighted by Crippen LogP contribution is -2.28. The first-order valence-electron chi connectivity index (χ1n) is 10.8. The molecular formula is C25H22F3N3O5. The van der Waals surface area contributed by atoms with Crippen molar-refractivity contribution in [2.75, 3.05) is 0 Å². The molecule has 0 saturated heterocycles. The maximum Gasteiger partial charge on any atom is 0.573 e. The number of rotatable bonds is 7. The van der Waals surface area contributed by atoms with Gasteiger partial charge in [-0.3, -0.25) is 4.79 Å². The molecule has 2 aromatic heterocycles. The number of nitrogens with zero attached hydrogens (tertiary/aromatic N) is 3. The van der Waals surface area contributed by atoms with Crippen molar-refractivity contribution in [3.05, 3.63) is 88.3 Å². The minimum atomic E-state index is -4.79. The summed E-state index contributed by atoms with van der Waals surface area (Å²) in [5, 5.41) is 24.3. The number of ether oxygens (including phenoxy) is 1. The Kier molecular flexibility index (Phi) is 6.70. The number of hydrogen-bond donors (Lipinski definition) is 2. The standard InChI is InChI=1S/C25H22F3N3O5/c1-24(2,34)21(33)17-5-3-4-15(12-17)13-31-14-18(8-11-20(31)32)23-29-22(30-36-23)16-6-9-19(10-7-16)35-25(26,27)28/h3-12,14,21,33-34H,13H2,1-2H3. The summed E-state index contributed by atoms with van der Waals surface area (Å²) < 4.78 is 47.6. The average molecular weight is 501 g/mol. The molecule has 2 N–H and O–H groups in total. The molecule has 0 aliphatic rings. The molecule has 8 nitrogen and oxygen atoms in total. The number of aliphatic hydroxyl groups is 2. The molecule has 0 bridgehead atoms. The summed E-state index contributed by atoms with van der Waals surface area (Å²) >= 11 is 0. The highest BCUT2D eigenvalue weighted by Gasteiger charge is 2.31. The number of pyridine rings is 1. The van der Waals surface area contributed by atoms with Crippen LogP contribution in [0.5, 0.6) is 5.75 Å². The molecule has 1 unspecified atom stereocenters. The van der Waals surface area contributed by atoms with Gasteiger partial charge in [-0.1, -0.05) is 29.4 Å². The molecule has 0 aliphatic heterocycles. The Balaban J connectivity index is 1.55. The van der Waals surface area contributed by atoms with Gasteiger partial charge in [0.15, 0.2) is 0 Å². The van der Waals surface area contributed by atoms with Crippen LogP contribution in [0.25, 0.3) is 22.8 Å². The molecule has 1 atom stereocenters. The van der Waals surface area contributed by atoms with Crippen LogP contribution in [0.4, 0.5) is 13.2 Å². The van der Waals surface area contributed by atoms with Gasteiger partial charge < -0.3 is 24.0 Å². The smallest absolute Gasteiger partial charge is 0.406 e. The summed E-state index contributed by atoms with van der Waals surface area (Å²) in [4.78, 5) is 16.7. The Labute approximate surface area is 203 Å². The summed E-state index contributed by atoms with van der Waals surface area (Å²) in [6.45, 7) is 3.18. The number of aromatic nitrogens is 3. The molecule has 0 fully saturated rings. The van der Waals surface area contributed by atoms with E-state index in [4.69, 9.17) is 4.52 Å². The fourth-order valence-corrected chi connectivity index (χ4v) is 3.51. The van der Waals surface area contributed by atoms with Crippen LogP contribution in [0.2, 0.25) is 0 Å². The predicted molar refractivity (Wildman–Crippen MR) is 123 cm³/mol. The van der Waals surface area contributed by atoms with Gasteiger partial charge in [-0.15, -0.1) is 13.2 Å². The van der Waals surface area contributed by atoms with Crippen molar-refractivity contribution in [1.82, 2.24) is 14.7 Å². The van der Waals surface area contributed by atoms with Gasteiger partial charge in [-0.25, -0.2) is 0 Å². The molecule has 0 saturated carbocycles. The van der Waals surface area contributed by atoms with Crippen LogP contribution < -0.4 is 10.3 Å². The van der Waals surface area contributed by atoms with Crippen LogP contribution in [-0.2, 0) is 6.54 Å². The highest BCUT2D eigenvalue weighted by molar-refractivity contribution is 5.60. The lowest BCUT2D eigenvalue weighted by atomic mass is 9.94. The van der Waals surface area contributed by atoms with Crippen LogP contribution in [0.1, 0.15) is 31.1 Å². The SMILES string of the molecule is CC(C)(O)C(O)c1cccc(Cn2cc(-c3nc(-c4ccc(OC(F)(F)F)cc4)no3)ccc2=O)c1. The Hall–Kier alpha value is -3.96. The Morgan fingerprint density at radius 3 is 2.42 bits per heavy atom. The van der Waals surface area contributed by atoms with E-state index >= 15 is 0 Å². The van der Waals surface area contributed by atoms with Crippen molar-refractivity contribution < 1.29 is 32.6 Å². The predicted octanol–water partition coefficient (Wildman–Crippen LogP) is 4.32. The van der Waals surface area contributed by atoms with Crippen LogP contribution >= 0.6 is 0 Å². The molecule has 0 spiro atoms.